The van der Waals surface area contributed by atoms with Crippen molar-refractivity contribution < 1.29 is 28.9 Å². The van der Waals surface area contributed by atoms with Crippen LogP contribution in [-0.2, 0) is 25.5 Å². The van der Waals surface area contributed by atoms with Crippen molar-refractivity contribution in [2.75, 3.05) is 37.1 Å². The summed E-state index contributed by atoms with van der Waals surface area (Å²) in [4.78, 5) is 36.2. The molecule has 11 nitrogen and oxygen atoms in total. The molecule has 0 spiro atoms. The molecule has 0 saturated heterocycles. The summed E-state index contributed by atoms with van der Waals surface area (Å²) in [7, 11) is 1.53. The van der Waals surface area contributed by atoms with Gasteiger partial charge in [0.1, 0.15) is 6.61 Å². The van der Waals surface area contributed by atoms with E-state index >= 15 is 0 Å². The molecule has 1 aliphatic heterocycles. The van der Waals surface area contributed by atoms with Gasteiger partial charge in [-0.3, -0.25) is 5.32 Å². The molecule has 2 N–H and O–H groups in total. The Morgan fingerprint density at radius 2 is 1.73 bits per heavy atom. The zero-order chi connectivity index (χ0) is 31.8. The smallest absolute Gasteiger partial charge is 0.411 e. The lowest BCUT2D eigenvalue weighted by atomic mass is 9.87. The molecule has 0 saturated carbocycles. The molecule has 0 aliphatic carbocycles. The van der Waals surface area contributed by atoms with Gasteiger partial charge in [-0.2, -0.15) is 0 Å². The summed E-state index contributed by atoms with van der Waals surface area (Å²) in [6.07, 6.45) is 1.19. The number of carboxylic acids is 1. The molecule has 0 bridgehead atoms. The molecule has 11 heteroatoms. The van der Waals surface area contributed by atoms with Crippen LogP contribution in [0.25, 0.3) is 22.0 Å². The number of aryl methyl sites for hydroxylation is 2. The van der Waals surface area contributed by atoms with Crippen LogP contribution in [0.5, 0.6) is 0 Å². The number of carbonyl (C=O) groups is 2. The van der Waals surface area contributed by atoms with Crippen molar-refractivity contribution in [3.8, 4) is 11.1 Å². The SMILES string of the molecule is COCCOC(=O)Nc1cnc(N2CCn3c(C)cc4c(-c5ccc(C)cc5)c([C@H](OC(C)(C)C)C(=O)O)c(C)c2c43)nc1. The Bertz CT molecular complexity index is 1690. The van der Waals surface area contributed by atoms with Gasteiger partial charge in [0.05, 0.1) is 41.5 Å². The lowest BCUT2D eigenvalue weighted by Gasteiger charge is -2.35. The summed E-state index contributed by atoms with van der Waals surface area (Å²) < 4.78 is 18.5. The zero-order valence-corrected chi connectivity index (χ0v) is 26.2. The van der Waals surface area contributed by atoms with Crippen molar-refractivity contribution in [2.24, 2.45) is 0 Å². The van der Waals surface area contributed by atoms with E-state index < -0.39 is 23.8 Å². The quantitative estimate of drug-likeness (QED) is 0.212. The topological polar surface area (TPSA) is 128 Å². The Hall–Kier alpha value is -4.48. The molecular weight excluding hydrogens is 562 g/mol. The average molecular weight is 602 g/mol. The number of nitrogens with one attached hydrogen (secondary N) is 1. The fourth-order valence-electron chi connectivity index (χ4n) is 5.73. The molecule has 5 rings (SSSR count). The highest BCUT2D eigenvalue weighted by molar-refractivity contribution is 6.08. The first kappa shape index (κ1) is 31.0. The molecule has 232 valence electrons. The van der Waals surface area contributed by atoms with Crippen molar-refractivity contribution in [1.29, 1.82) is 0 Å². The molecule has 1 amide bonds. The number of hydrogen-bond acceptors (Lipinski definition) is 8. The maximum Gasteiger partial charge on any atom is 0.411 e. The molecule has 4 aromatic rings. The second kappa shape index (κ2) is 12.3. The first-order valence-electron chi connectivity index (χ1n) is 14.6. The summed E-state index contributed by atoms with van der Waals surface area (Å²) in [5.41, 5.74) is 6.79. The molecule has 2 aromatic carbocycles. The second-order valence-electron chi connectivity index (χ2n) is 12.0. The summed E-state index contributed by atoms with van der Waals surface area (Å²) in [5.74, 6) is -0.638. The monoisotopic (exact) mass is 601 g/mol. The molecule has 1 atom stereocenters. The van der Waals surface area contributed by atoms with Gasteiger partial charge in [-0.25, -0.2) is 19.6 Å². The number of aliphatic carboxylic acids is 1. The van der Waals surface area contributed by atoms with E-state index in [2.05, 4.69) is 32.8 Å². The van der Waals surface area contributed by atoms with Crippen LogP contribution in [0, 0.1) is 20.8 Å². The van der Waals surface area contributed by atoms with Gasteiger partial charge in [0, 0.05) is 36.8 Å². The van der Waals surface area contributed by atoms with E-state index in [0.717, 1.165) is 44.5 Å². The summed E-state index contributed by atoms with van der Waals surface area (Å²) in [5, 5.41) is 14.1. The molecular formula is C33H39N5O6. The van der Waals surface area contributed by atoms with E-state index in [0.29, 0.717) is 36.9 Å². The molecule has 3 heterocycles. The van der Waals surface area contributed by atoms with Crippen molar-refractivity contribution in [3.05, 3.63) is 65.1 Å². The van der Waals surface area contributed by atoms with Gasteiger partial charge in [-0.15, -0.1) is 0 Å². The number of anilines is 3. The largest absolute Gasteiger partial charge is 0.479 e. The Morgan fingerprint density at radius 1 is 1.05 bits per heavy atom. The first-order chi connectivity index (χ1) is 20.9. The van der Waals surface area contributed by atoms with E-state index in [-0.39, 0.29) is 6.61 Å². The van der Waals surface area contributed by atoms with Gasteiger partial charge in [-0.1, -0.05) is 29.8 Å². The predicted molar refractivity (Wildman–Crippen MR) is 169 cm³/mol. The number of rotatable bonds is 9. The van der Waals surface area contributed by atoms with Gasteiger partial charge in [-0.05, 0) is 64.3 Å². The van der Waals surface area contributed by atoms with E-state index in [4.69, 9.17) is 14.2 Å². The van der Waals surface area contributed by atoms with Crippen LogP contribution < -0.4 is 10.2 Å². The van der Waals surface area contributed by atoms with Crippen LogP contribution >= 0.6 is 0 Å². The van der Waals surface area contributed by atoms with Crippen LogP contribution in [0.3, 0.4) is 0 Å². The van der Waals surface area contributed by atoms with Crippen molar-refractivity contribution in [3.63, 3.8) is 0 Å². The number of ether oxygens (including phenoxy) is 3. The highest BCUT2D eigenvalue weighted by atomic mass is 16.6. The minimum Gasteiger partial charge on any atom is -0.479 e. The minimum atomic E-state index is -1.23. The van der Waals surface area contributed by atoms with E-state index in [1.165, 1.54) is 19.5 Å². The van der Waals surface area contributed by atoms with Crippen LogP contribution in [0.4, 0.5) is 22.1 Å². The number of hydrogen-bond donors (Lipinski definition) is 2. The summed E-state index contributed by atoms with van der Waals surface area (Å²) >= 11 is 0. The fraction of sp³-hybridized carbons (Fsp3) is 0.394. The lowest BCUT2D eigenvalue weighted by molar-refractivity contribution is -0.160. The Kier molecular flexibility index (Phi) is 8.62. The number of methoxy groups -OCH3 is 1. The molecule has 44 heavy (non-hydrogen) atoms. The predicted octanol–water partition coefficient (Wildman–Crippen LogP) is 6.31. The molecule has 2 aromatic heterocycles. The zero-order valence-electron chi connectivity index (χ0n) is 26.2. The maximum atomic E-state index is 12.9. The third kappa shape index (κ3) is 6.11. The third-order valence-electron chi connectivity index (χ3n) is 7.59. The fourth-order valence-corrected chi connectivity index (χ4v) is 5.73. The average Bonchev–Trinajstić information content (AvgIpc) is 3.30. The molecule has 0 radical (unpaired) electrons. The number of aromatic nitrogens is 3. The highest BCUT2D eigenvalue weighted by Crippen LogP contribution is 2.49. The van der Waals surface area contributed by atoms with Crippen LogP contribution in [0.1, 0.15) is 49.3 Å². The molecule has 0 fully saturated rings. The summed E-state index contributed by atoms with van der Waals surface area (Å²) in [6.45, 7) is 13.3. The lowest BCUT2D eigenvalue weighted by Crippen LogP contribution is -2.32. The minimum absolute atomic E-state index is 0.126. The normalized spacial score (nSPS) is 13.7. The Labute approximate surface area is 256 Å². The number of nitrogens with zero attached hydrogens (tertiary/aromatic N) is 4. The van der Waals surface area contributed by atoms with Crippen LogP contribution in [0.15, 0.2) is 42.7 Å². The van der Waals surface area contributed by atoms with Gasteiger partial charge >= 0.3 is 12.1 Å². The molecule has 0 unspecified atom stereocenters. The highest BCUT2D eigenvalue weighted by Gasteiger charge is 2.36. The first-order valence-corrected chi connectivity index (χ1v) is 14.6. The number of carboxylic acid groups (broad SMARTS) is 1. The van der Waals surface area contributed by atoms with Crippen molar-refractivity contribution in [1.82, 2.24) is 14.5 Å². The van der Waals surface area contributed by atoms with Crippen LogP contribution in [0.2, 0.25) is 0 Å². The third-order valence-corrected chi connectivity index (χ3v) is 7.59. The standard InChI is InChI=1S/C33H39N5O6/c1-19-8-10-22(11-9-19)26-24-16-20(2)37-12-13-38(31-34-17-23(18-35-31)36-32(41)43-15-14-42-7)27(28(24)37)21(3)25(26)29(30(39)40)44-33(4,5)6/h8-11,16-18,29H,12-15H2,1-7H3,(H,36,41)(H,39,40)/t29-/m0/s1. The molecule has 1 aliphatic rings. The van der Waals surface area contributed by atoms with Gasteiger partial charge in [0.2, 0.25) is 5.95 Å². The number of carbonyl (C=O) groups excluding carboxylic acids is 1. The number of amides is 1. The Morgan fingerprint density at radius 3 is 2.34 bits per heavy atom. The maximum absolute atomic E-state index is 12.9. The van der Waals surface area contributed by atoms with Gasteiger partial charge < -0.3 is 28.8 Å². The second-order valence-corrected chi connectivity index (χ2v) is 12.0. The van der Waals surface area contributed by atoms with Crippen molar-refractivity contribution >= 4 is 40.3 Å². The van der Waals surface area contributed by atoms with E-state index in [1.807, 2.05) is 63.8 Å². The Balaban J connectivity index is 1.68. The summed E-state index contributed by atoms with van der Waals surface area (Å²) in [6, 6.07) is 10.3. The van der Waals surface area contributed by atoms with Gasteiger partial charge in [0.25, 0.3) is 0 Å². The van der Waals surface area contributed by atoms with Crippen LogP contribution in [-0.4, -0.2) is 64.2 Å². The van der Waals surface area contributed by atoms with E-state index in [1.54, 1.807) is 0 Å². The van der Waals surface area contributed by atoms with E-state index in [9.17, 15) is 14.7 Å². The number of benzene rings is 2. The van der Waals surface area contributed by atoms with Gasteiger partial charge in [0.15, 0.2) is 6.10 Å². The van der Waals surface area contributed by atoms with Crippen molar-refractivity contribution in [2.45, 2.75) is 59.8 Å².